The fraction of sp³-hybridized carbons (Fsp3) is 0.200. The highest BCUT2D eigenvalue weighted by Crippen LogP contribution is 2.41. The Kier molecular flexibility index (Phi) is 6.07. The summed E-state index contributed by atoms with van der Waals surface area (Å²) in [6.45, 7) is 2.55. The average Bonchev–Trinajstić information content (AvgIpc) is 3.40. The molecule has 164 valence electrons. The highest BCUT2D eigenvalue weighted by atomic mass is 19.1. The zero-order valence-corrected chi connectivity index (χ0v) is 17.5. The molecule has 1 unspecified atom stereocenters. The molecule has 0 bridgehead atoms. The van der Waals surface area contributed by atoms with Crippen LogP contribution in [0, 0.1) is 5.82 Å². The van der Waals surface area contributed by atoms with Crippen LogP contribution in [0.3, 0.4) is 0 Å². The number of aliphatic hydroxyl groups is 1. The van der Waals surface area contributed by atoms with Gasteiger partial charge in [0.1, 0.15) is 23.1 Å². The highest BCUT2D eigenvalue weighted by Gasteiger charge is 2.46. The van der Waals surface area contributed by atoms with Gasteiger partial charge in [-0.05, 0) is 60.5 Å². The van der Waals surface area contributed by atoms with Crippen LogP contribution in [0.4, 0.5) is 4.39 Å². The summed E-state index contributed by atoms with van der Waals surface area (Å²) in [5.74, 6) is -1.32. The number of ketones is 1. The molecule has 4 rings (SSSR count). The van der Waals surface area contributed by atoms with Crippen molar-refractivity contribution in [2.75, 3.05) is 6.61 Å². The van der Waals surface area contributed by atoms with E-state index in [0.717, 1.165) is 6.42 Å². The summed E-state index contributed by atoms with van der Waals surface area (Å²) in [5, 5.41) is 11.0. The van der Waals surface area contributed by atoms with Crippen molar-refractivity contribution in [2.24, 2.45) is 0 Å². The van der Waals surface area contributed by atoms with Crippen LogP contribution < -0.4 is 4.74 Å². The summed E-state index contributed by atoms with van der Waals surface area (Å²) in [6.07, 6.45) is 2.31. The lowest BCUT2D eigenvalue weighted by molar-refractivity contribution is -0.140. The van der Waals surface area contributed by atoms with E-state index < -0.39 is 23.5 Å². The van der Waals surface area contributed by atoms with E-state index in [2.05, 4.69) is 0 Å². The van der Waals surface area contributed by atoms with Crippen molar-refractivity contribution in [3.8, 4) is 5.75 Å². The van der Waals surface area contributed by atoms with Gasteiger partial charge in [-0.1, -0.05) is 19.1 Å². The van der Waals surface area contributed by atoms with Gasteiger partial charge in [0.15, 0.2) is 0 Å². The van der Waals surface area contributed by atoms with Crippen LogP contribution in [0.2, 0.25) is 0 Å². The lowest BCUT2D eigenvalue weighted by atomic mass is 9.95. The molecular weight excluding hydrogens is 413 g/mol. The molecular formula is C25H22FNO5. The Labute approximate surface area is 184 Å². The summed E-state index contributed by atoms with van der Waals surface area (Å²) in [6, 6.07) is 14.7. The molecule has 1 atom stereocenters. The SMILES string of the molecule is CCCOc1cccc(C2/C(=C(\O)c3ccc(F)cc3)C(=O)C(=O)N2Cc2ccco2)c1. The highest BCUT2D eigenvalue weighted by molar-refractivity contribution is 6.46. The molecule has 32 heavy (non-hydrogen) atoms. The van der Waals surface area contributed by atoms with E-state index in [1.165, 1.54) is 35.4 Å². The van der Waals surface area contributed by atoms with Crippen LogP contribution in [0.5, 0.6) is 5.75 Å². The van der Waals surface area contributed by atoms with Gasteiger partial charge in [0, 0.05) is 5.56 Å². The van der Waals surface area contributed by atoms with Crippen LogP contribution in [0.25, 0.3) is 5.76 Å². The molecule has 1 fully saturated rings. The number of likely N-dealkylation sites (tertiary alicyclic amines) is 1. The monoisotopic (exact) mass is 435 g/mol. The van der Waals surface area contributed by atoms with E-state index >= 15 is 0 Å². The molecule has 1 amide bonds. The van der Waals surface area contributed by atoms with Gasteiger partial charge in [0.25, 0.3) is 11.7 Å². The summed E-state index contributed by atoms with van der Waals surface area (Å²) >= 11 is 0. The maximum atomic E-state index is 13.4. The topological polar surface area (TPSA) is 80.0 Å². The predicted molar refractivity (Wildman–Crippen MR) is 115 cm³/mol. The maximum Gasteiger partial charge on any atom is 0.296 e. The van der Waals surface area contributed by atoms with Crippen molar-refractivity contribution in [3.05, 3.63) is 95.2 Å². The number of hydrogen-bond acceptors (Lipinski definition) is 5. The van der Waals surface area contributed by atoms with E-state index in [9.17, 15) is 19.1 Å². The Bertz CT molecular complexity index is 1150. The zero-order chi connectivity index (χ0) is 22.7. The lowest BCUT2D eigenvalue weighted by Crippen LogP contribution is -2.29. The van der Waals surface area contributed by atoms with Crippen molar-refractivity contribution < 1.29 is 28.2 Å². The van der Waals surface area contributed by atoms with E-state index in [4.69, 9.17) is 9.15 Å². The second kappa shape index (κ2) is 9.09. The van der Waals surface area contributed by atoms with Gasteiger partial charge in [-0.2, -0.15) is 0 Å². The number of ether oxygens (including phenoxy) is 1. The van der Waals surface area contributed by atoms with Gasteiger partial charge >= 0.3 is 0 Å². The molecule has 1 saturated heterocycles. The second-order valence-corrected chi connectivity index (χ2v) is 7.43. The average molecular weight is 435 g/mol. The Hall–Kier alpha value is -3.87. The minimum Gasteiger partial charge on any atom is -0.507 e. The van der Waals surface area contributed by atoms with Crippen molar-refractivity contribution in [1.82, 2.24) is 4.90 Å². The first-order chi connectivity index (χ1) is 15.5. The number of hydrogen-bond donors (Lipinski definition) is 1. The summed E-state index contributed by atoms with van der Waals surface area (Å²) in [7, 11) is 0. The molecule has 1 aromatic heterocycles. The van der Waals surface area contributed by atoms with Crippen LogP contribution in [-0.2, 0) is 16.1 Å². The van der Waals surface area contributed by atoms with Crippen LogP contribution in [-0.4, -0.2) is 28.3 Å². The number of carbonyl (C=O) groups is 2. The van der Waals surface area contributed by atoms with Gasteiger partial charge in [0.05, 0.1) is 31.0 Å². The van der Waals surface area contributed by atoms with Gasteiger partial charge in [-0.25, -0.2) is 4.39 Å². The van der Waals surface area contributed by atoms with Gasteiger partial charge < -0.3 is 19.2 Å². The predicted octanol–water partition coefficient (Wildman–Crippen LogP) is 4.83. The summed E-state index contributed by atoms with van der Waals surface area (Å²) < 4.78 is 24.5. The largest absolute Gasteiger partial charge is 0.507 e. The normalized spacial score (nSPS) is 17.7. The van der Waals surface area contributed by atoms with Crippen molar-refractivity contribution in [3.63, 3.8) is 0 Å². The fourth-order valence-electron chi connectivity index (χ4n) is 3.72. The Morgan fingerprint density at radius 1 is 1.12 bits per heavy atom. The molecule has 2 heterocycles. The lowest BCUT2D eigenvalue weighted by Gasteiger charge is -2.25. The fourth-order valence-corrected chi connectivity index (χ4v) is 3.72. The first-order valence-electron chi connectivity index (χ1n) is 10.3. The van der Waals surface area contributed by atoms with Crippen molar-refractivity contribution in [2.45, 2.75) is 25.9 Å². The zero-order valence-electron chi connectivity index (χ0n) is 17.5. The standard InChI is InChI=1S/C25H22FNO5/c1-2-12-31-19-6-3-5-17(14-19)22-21(23(28)16-8-10-18(26)11-9-16)24(29)25(30)27(22)15-20-7-4-13-32-20/h3-11,13-14,22,28H,2,12,15H2,1H3/b23-21+. The smallest absolute Gasteiger partial charge is 0.296 e. The molecule has 1 aliphatic rings. The van der Waals surface area contributed by atoms with E-state index in [0.29, 0.717) is 23.7 Å². The molecule has 0 aliphatic carbocycles. The first-order valence-corrected chi connectivity index (χ1v) is 10.3. The Morgan fingerprint density at radius 2 is 1.91 bits per heavy atom. The van der Waals surface area contributed by atoms with Gasteiger partial charge in [0.2, 0.25) is 0 Å². The molecule has 1 N–H and O–H groups in total. The van der Waals surface area contributed by atoms with E-state index in [-0.39, 0.29) is 23.4 Å². The molecule has 2 aromatic carbocycles. The second-order valence-electron chi connectivity index (χ2n) is 7.43. The number of nitrogens with zero attached hydrogens (tertiary/aromatic N) is 1. The number of carbonyl (C=O) groups excluding carboxylic acids is 2. The summed E-state index contributed by atoms with van der Waals surface area (Å²) in [4.78, 5) is 27.3. The van der Waals surface area contributed by atoms with Crippen LogP contribution >= 0.6 is 0 Å². The quantitative estimate of drug-likeness (QED) is 0.327. The summed E-state index contributed by atoms with van der Waals surface area (Å²) in [5.41, 5.74) is 0.777. The van der Waals surface area contributed by atoms with Crippen LogP contribution in [0.1, 0.15) is 36.3 Å². The number of halogens is 1. The van der Waals surface area contributed by atoms with Crippen LogP contribution in [0.15, 0.2) is 76.9 Å². The number of benzene rings is 2. The first kappa shape index (κ1) is 21.4. The molecule has 0 saturated carbocycles. The molecule has 0 radical (unpaired) electrons. The van der Waals surface area contributed by atoms with Crippen molar-refractivity contribution >= 4 is 17.4 Å². The number of Topliss-reactive ketones (excluding diaryl/α,β-unsaturated/α-hetero) is 1. The van der Waals surface area contributed by atoms with Crippen molar-refractivity contribution in [1.29, 1.82) is 0 Å². The number of rotatable bonds is 7. The molecule has 3 aromatic rings. The number of amides is 1. The minimum atomic E-state index is -0.865. The van der Waals surface area contributed by atoms with Gasteiger partial charge in [-0.3, -0.25) is 9.59 Å². The third-order valence-corrected chi connectivity index (χ3v) is 5.21. The minimum absolute atomic E-state index is 0.0441. The Morgan fingerprint density at radius 3 is 2.59 bits per heavy atom. The molecule has 6 nitrogen and oxygen atoms in total. The molecule has 0 spiro atoms. The van der Waals surface area contributed by atoms with Gasteiger partial charge in [-0.15, -0.1) is 0 Å². The van der Waals surface area contributed by atoms with E-state index in [1.807, 2.05) is 6.92 Å². The Balaban J connectivity index is 1.83. The maximum absolute atomic E-state index is 13.4. The number of furan rings is 1. The third kappa shape index (κ3) is 4.14. The molecule has 7 heteroatoms. The molecule has 1 aliphatic heterocycles. The third-order valence-electron chi connectivity index (χ3n) is 5.21. The van der Waals surface area contributed by atoms with E-state index in [1.54, 1.807) is 36.4 Å². The number of aliphatic hydroxyl groups excluding tert-OH is 1.